The van der Waals surface area contributed by atoms with Crippen LogP contribution in [0, 0.1) is 0 Å². The zero-order valence-electron chi connectivity index (χ0n) is 19.0. The van der Waals surface area contributed by atoms with Crippen LogP contribution in [0.3, 0.4) is 0 Å². The summed E-state index contributed by atoms with van der Waals surface area (Å²) in [6.07, 6.45) is 0.640. The van der Waals surface area contributed by atoms with Crippen LogP contribution in [0.2, 0.25) is 0 Å². The molecule has 7 nitrogen and oxygen atoms in total. The van der Waals surface area contributed by atoms with Gasteiger partial charge in [0.2, 0.25) is 0 Å². The molecule has 0 radical (unpaired) electrons. The summed E-state index contributed by atoms with van der Waals surface area (Å²) in [5.74, 6) is 1.78. The molecule has 168 valence electrons. The number of ether oxygens (including phenoxy) is 5. The normalized spacial score (nSPS) is 12.5. The minimum atomic E-state index is -1.84. The fourth-order valence-corrected chi connectivity index (χ4v) is 5.47. The molecular formula is C23H29O7P. The Morgan fingerprint density at radius 2 is 1.19 bits per heavy atom. The van der Waals surface area contributed by atoms with Crippen molar-refractivity contribution in [3.63, 3.8) is 0 Å². The second kappa shape index (κ2) is 11.0. The van der Waals surface area contributed by atoms with Gasteiger partial charge in [-0.3, -0.25) is 9.59 Å². The predicted octanol–water partition coefficient (Wildman–Crippen LogP) is 4.99. The molecule has 2 rings (SSSR count). The Morgan fingerprint density at radius 1 is 0.774 bits per heavy atom. The molecule has 2 aromatic rings. The number of benzene rings is 2. The van der Waals surface area contributed by atoms with E-state index in [4.69, 9.17) is 23.7 Å². The molecule has 0 heterocycles. The van der Waals surface area contributed by atoms with Crippen molar-refractivity contribution in [1.29, 1.82) is 0 Å². The van der Waals surface area contributed by atoms with E-state index in [9.17, 15) is 9.59 Å². The van der Waals surface area contributed by atoms with E-state index in [1.54, 1.807) is 30.3 Å². The van der Waals surface area contributed by atoms with Crippen molar-refractivity contribution >= 4 is 19.0 Å². The van der Waals surface area contributed by atoms with Gasteiger partial charge in [-0.15, -0.1) is 0 Å². The van der Waals surface area contributed by atoms with Gasteiger partial charge in [0.1, 0.15) is 39.9 Å². The zero-order valence-corrected chi connectivity index (χ0v) is 19.9. The van der Waals surface area contributed by atoms with Gasteiger partial charge in [0.25, 0.3) is 0 Å². The standard InChI is InChI=1S/C23H29O7P/c1-8-14(2)31(22(24)20-16(27-4)10-9-11-17(20)28-5)23(25)21-18(29-6)12-15(26-3)13-19(21)30-7/h9-14H,8H2,1-7H3. The lowest BCUT2D eigenvalue weighted by atomic mass is 10.2. The van der Waals surface area contributed by atoms with Crippen LogP contribution in [0.25, 0.3) is 0 Å². The zero-order chi connectivity index (χ0) is 23.1. The predicted molar refractivity (Wildman–Crippen MR) is 121 cm³/mol. The molecule has 8 heteroatoms. The Hall–Kier alpha value is -2.79. The van der Waals surface area contributed by atoms with Gasteiger partial charge in [0.15, 0.2) is 11.0 Å². The first-order valence-electron chi connectivity index (χ1n) is 9.77. The summed E-state index contributed by atoms with van der Waals surface area (Å²) < 4.78 is 27.0. The van der Waals surface area contributed by atoms with E-state index in [2.05, 4.69) is 0 Å². The molecule has 0 aliphatic carbocycles. The minimum Gasteiger partial charge on any atom is -0.496 e. The molecule has 2 atom stereocenters. The molecule has 31 heavy (non-hydrogen) atoms. The highest BCUT2D eigenvalue weighted by Gasteiger charge is 2.38. The summed E-state index contributed by atoms with van der Waals surface area (Å²) in [7, 11) is 5.56. The van der Waals surface area contributed by atoms with Crippen LogP contribution in [0.15, 0.2) is 30.3 Å². The molecule has 0 saturated heterocycles. The maximum atomic E-state index is 13.8. The first-order valence-corrected chi connectivity index (χ1v) is 11.2. The van der Waals surface area contributed by atoms with Crippen molar-refractivity contribution in [3.05, 3.63) is 41.5 Å². The average molecular weight is 448 g/mol. The quantitative estimate of drug-likeness (QED) is 0.448. The van der Waals surface area contributed by atoms with Gasteiger partial charge >= 0.3 is 0 Å². The molecule has 0 aliphatic heterocycles. The van der Waals surface area contributed by atoms with E-state index in [-0.39, 0.29) is 39.3 Å². The van der Waals surface area contributed by atoms with E-state index in [1.165, 1.54) is 35.5 Å². The van der Waals surface area contributed by atoms with Crippen LogP contribution in [-0.2, 0) is 0 Å². The van der Waals surface area contributed by atoms with E-state index < -0.39 is 7.92 Å². The summed E-state index contributed by atoms with van der Waals surface area (Å²) in [5.41, 5.74) is -0.360. The van der Waals surface area contributed by atoms with Crippen LogP contribution in [-0.4, -0.2) is 52.3 Å². The fraction of sp³-hybridized carbons (Fsp3) is 0.391. The Kier molecular flexibility index (Phi) is 8.69. The molecule has 0 bridgehead atoms. The molecule has 2 unspecified atom stereocenters. The highest BCUT2D eigenvalue weighted by atomic mass is 31.1. The summed E-state index contributed by atoms with van der Waals surface area (Å²) >= 11 is 0. The van der Waals surface area contributed by atoms with Gasteiger partial charge in [-0.1, -0.05) is 19.9 Å². The monoisotopic (exact) mass is 448 g/mol. The van der Waals surface area contributed by atoms with Crippen molar-refractivity contribution < 1.29 is 33.3 Å². The Labute approximate surface area is 184 Å². The van der Waals surface area contributed by atoms with Gasteiger partial charge < -0.3 is 23.7 Å². The number of hydrogen-bond acceptors (Lipinski definition) is 7. The summed E-state index contributed by atoms with van der Waals surface area (Å²) in [4.78, 5) is 27.6. The lowest BCUT2D eigenvalue weighted by Gasteiger charge is -2.24. The summed E-state index contributed by atoms with van der Waals surface area (Å²) in [5, 5.41) is 0. The van der Waals surface area contributed by atoms with Crippen LogP contribution in [0.4, 0.5) is 0 Å². The fourth-order valence-electron chi connectivity index (χ4n) is 3.19. The van der Waals surface area contributed by atoms with Crippen molar-refractivity contribution in [1.82, 2.24) is 0 Å². The second-order valence-electron chi connectivity index (χ2n) is 6.68. The minimum absolute atomic E-state index is 0.193. The third-order valence-corrected chi connectivity index (χ3v) is 7.61. The van der Waals surface area contributed by atoms with Crippen molar-refractivity contribution in [2.45, 2.75) is 25.9 Å². The summed E-state index contributed by atoms with van der Waals surface area (Å²) in [6.45, 7) is 3.84. The van der Waals surface area contributed by atoms with E-state index in [1.807, 2.05) is 13.8 Å². The molecule has 0 aromatic heterocycles. The third kappa shape index (κ3) is 4.93. The largest absolute Gasteiger partial charge is 0.496 e. The smallest absolute Gasteiger partial charge is 0.199 e. The molecule has 0 fully saturated rings. The maximum absolute atomic E-state index is 13.8. The lowest BCUT2D eigenvalue weighted by molar-refractivity contribution is 0.104. The Bertz CT molecular complexity index is 894. The van der Waals surface area contributed by atoms with Crippen LogP contribution < -0.4 is 23.7 Å². The second-order valence-corrected chi connectivity index (χ2v) is 9.12. The first-order chi connectivity index (χ1) is 14.9. The molecule has 0 saturated carbocycles. The van der Waals surface area contributed by atoms with Crippen LogP contribution in [0.5, 0.6) is 28.7 Å². The average Bonchev–Trinajstić information content (AvgIpc) is 2.81. The first kappa shape index (κ1) is 24.5. The Balaban J connectivity index is 2.70. The highest BCUT2D eigenvalue weighted by Crippen LogP contribution is 2.54. The number of carbonyl (C=O) groups excluding carboxylic acids is 2. The van der Waals surface area contributed by atoms with Crippen LogP contribution >= 0.6 is 7.92 Å². The maximum Gasteiger partial charge on any atom is 0.199 e. The lowest BCUT2D eigenvalue weighted by Crippen LogP contribution is -2.17. The van der Waals surface area contributed by atoms with Crippen molar-refractivity contribution in [2.75, 3.05) is 35.5 Å². The van der Waals surface area contributed by atoms with Gasteiger partial charge in [-0.05, 0) is 24.2 Å². The number of hydrogen-bond donors (Lipinski definition) is 0. The number of carbonyl (C=O) groups is 2. The molecule has 0 aliphatic rings. The third-order valence-electron chi connectivity index (χ3n) is 5.04. The van der Waals surface area contributed by atoms with E-state index in [0.29, 0.717) is 23.7 Å². The van der Waals surface area contributed by atoms with Gasteiger partial charge in [0, 0.05) is 20.1 Å². The van der Waals surface area contributed by atoms with Gasteiger partial charge in [0.05, 0.1) is 35.5 Å². The topological polar surface area (TPSA) is 80.3 Å². The van der Waals surface area contributed by atoms with E-state index >= 15 is 0 Å². The van der Waals surface area contributed by atoms with Crippen molar-refractivity contribution in [2.24, 2.45) is 0 Å². The van der Waals surface area contributed by atoms with E-state index in [0.717, 1.165) is 0 Å². The molecule has 0 spiro atoms. The van der Waals surface area contributed by atoms with Gasteiger partial charge in [-0.2, -0.15) is 0 Å². The molecular weight excluding hydrogens is 419 g/mol. The van der Waals surface area contributed by atoms with Crippen molar-refractivity contribution in [3.8, 4) is 28.7 Å². The summed E-state index contributed by atoms with van der Waals surface area (Å²) in [6, 6.07) is 8.30. The molecule has 0 amide bonds. The SMILES string of the molecule is CCC(C)P(C(=O)c1c(OC)cccc1OC)C(=O)c1c(OC)cc(OC)cc1OC. The van der Waals surface area contributed by atoms with Crippen LogP contribution in [0.1, 0.15) is 41.0 Å². The number of methoxy groups -OCH3 is 5. The Morgan fingerprint density at radius 3 is 1.55 bits per heavy atom. The molecule has 0 N–H and O–H groups in total. The molecule has 2 aromatic carbocycles. The number of rotatable bonds is 11. The van der Waals surface area contributed by atoms with Gasteiger partial charge in [-0.25, -0.2) is 0 Å². The highest BCUT2D eigenvalue weighted by molar-refractivity contribution is 7.90.